The van der Waals surface area contributed by atoms with E-state index in [4.69, 9.17) is 0 Å². The molecule has 0 spiro atoms. The molecule has 1 aromatic rings. The fourth-order valence-electron chi connectivity index (χ4n) is 3.89. The summed E-state index contributed by atoms with van der Waals surface area (Å²) in [6, 6.07) is 0.234. The predicted molar refractivity (Wildman–Crippen MR) is 97.1 cm³/mol. The van der Waals surface area contributed by atoms with Gasteiger partial charge in [0.1, 0.15) is 17.7 Å². The predicted octanol–water partition coefficient (Wildman–Crippen LogP) is 1.56. The number of carbonyl (C=O) groups excluding carboxylic acids is 1. The zero-order valence-corrected chi connectivity index (χ0v) is 14.6. The Kier molecular flexibility index (Phi) is 4.23. The molecule has 0 radical (unpaired) electrons. The van der Waals surface area contributed by atoms with Gasteiger partial charge in [0.15, 0.2) is 0 Å². The van der Waals surface area contributed by atoms with Crippen LogP contribution in [0.15, 0.2) is 28.6 Å². The van der Waals surface area contributed by atoms with E-state index in [1.165, 1.54) is 12.8 Å². The maximum atomic E-state index is 12.7. The van der Waals surface area contributed by atoms with Crippen LogP contribution in [0.2, 0.25) is 0 Å². The van der Waals surface area contributed by atoms with Crippen LogP contribution < -0.4 is 4.90 Å². The molecule has 132 valence electrons. The van der Waals surface area contributed by atoms with E-state index < -0.39 is 0 Å². The van der Waals surface area contributed by atoms with Crippen molar-refractivity contribution < 1.29 is 4.79 Å². The monoisotopic (exact) mass is 340 g/mol. The summed E-state index contributed by atoms with van der Waals surface area (Å²) >= 11 is 0. The lowest BCUT2D eigenvalue weighted by Crippen LogP contribution is -2.54. The van der Waals surface area contributed by atoms with Crippen LogP contribution in [0.1, 0.15) is 32.6 Å². The molecule has 1 saturated heterocycles. The lowest BCUT2D eigenvalue weighted by Gasteiger charge is -2.40. The molecule has 1 unspecified atom stereocenters. The van der Waals surface area contributed by atoms with Crippen LogP contribution in [-0.2, 0) is 4.79 Å². The van der Waals surface area contributed by atoms with Crippen molar-refractivity contribution >= 4 is 24.3 Å². The lowest BCUT2D eigenvalue weighted by molar-refractivity contribution is -0.132. The number of hydrogen-bond acceptors (Lipinski definition) is 6. The highest BCUT2D eigenvalue weighted by Gasteiger charge is 2.45. The van der Waals surface area contributed by atoms with Crippen molar-refractivity contribution in [3.63, 3.8) is 0 Å². The summed E-state index contributed by atoms with van der Waals surface area (Å²) in [5.41, 5.74) is -0.206. The highest BCUT2D eigenvalue weighted by atomic mass is 16.2. The van der Waals surface area contributed by atoms with Gasteiger partial charge in [-0.15, -0.1) is 0 Å². The second-order valence-corrected chi connectivity index (χ2v) is 7.23. The van der Waals surface area contributed by atoms with Crippen LogP contribution >= 0.6 is 0 Å². The van der Waals surface area contributed by atoms with Gasteiger partial charge in [0.25, 0.3) is 0 Å². The summed E-state index contributed by atoms with van der Waals surface area (Å²) < 4.78 is 0. The molecule has 7 nitrogen and oxygen atoms in total. The number of anilines is 1. The molecule has 0 aromatic carbocycles. The zero-order valence-electron chi connectivity index (χ0n) is 14.6. The van der Waals surface area contributed by atoms with Gasteiger partial charge in [-0.05, 0) is 32.1 Å². The van der Waals surface area contributed by atoms with Gasteiger partial charge in [-0.25, -0.2) is 9.98 Å². The summed E-state index contributed by atoms with van der Waals surface area (Å²) in [6.45, 7) is 4.38. The van der Waals surface area contributed by atoms with E-state index in [9.17, 15) is 4.79 Å². The fraction of sp³-hybridized carbons (Fsp3) is 0.611. The number of amides is 1. The second-order valence-electron chi connectivity index (χ2n) is 7.23. The van der Waals surface area contributed by atoms with Crippen molar-refractivity contribution in [3.05, 3.63) is 18.6 Å². The first-order chi connectivity index (χ1) is 12.2. The first-order valence-corrected chi connectivity index (χ1v) is 9.06. The van der Waals surface area contributed by atoms with Gasteiger partial charge in [0, 0.05) is 50.7 Å². The third-order valence-electron chi connectivity index (χ3n) is 5.51. The average Bonchev–Trinajstić information content (AvgIpc) is 3.40. The molecule has 0 N–H and O–H groups in total. The standard InChI is InChI=1S/C18H24N6O/c1-14-11-23(8-9-24(14)16-10-19-6-7-21-16)17(25)4-5-18(15-2-3-15)12-20-13-22-18/h6-7,10,12-15H,2-5,8-9,11H2,1H3/t14-,18?/m0/s1. The SMILES string of the molecule is C[C@H]1CN(C(=O)CCC2(C3CC3)C=NC=N2)CCN1c1cnccn1. The lowest BCUT2D eigenvalue weighted by atomic mass is 9.90. The zero-order chi connectivity index (χ0) is 17.3. The number of aromatic nitrogens is 2. The quantitative estimate of drug-likeness (QED) is 0.815. The number of piperazine rings is 1. The van der Waals surface area contributed by atoms with Crippen molar-refractivity contribution in [2.75, 3.05) is 24.5 Å². The highest BCUT2D eigenvalue weighted by Crippen LogP contribution is 2.44. The van der Waals surface area contributed by atoms with Crippen LogP contribution in [0.5, 0.6) is 0 Å². The summed E-state index contributed by atoms with van der Waals surface area (Å²) in [6.07, 6.45) is 12.5. The third-order valence-corrected chi connectivity index (χ3v) is 5.51. The number of carbonyl (C=O) groups is 1. The normalized spacial score (nSPS) is 28.6. The smallest absolute Gasteiger partial charge is 0.222 e. The molecule has 7 heteroatoms. The van der Waals surface area contributed by atoms with Crippen LogP contribution in [0, 0.1) is 5.92 Å². The van der Waals surface area contributed by atoms with Crippen molar-refractivity contribution in [3.8, 4) is 0 Å². The molecule has 4 rings (SSSR count). The Balaban J connectivity index is 1.33. The Bertz CT molecular complexity index is 672. The highest BCUT2D eigenvalue weighted by molar-refractivity contribution is 5.87. The van der Waals surface area contributed by atoms with Crippen LogP contribution in [-0.4, -0.2) is 64.5 Å². The first kappa shape index (κ1) is 16.2. The van der Waals surface area contributed by atoms with E-state index in [0.29, 0.717) is 12.3 Å². The molecule has 2 aliphatic heterocycles. The molecule has 3 heterocycles. The van der Waals surface area contributed by atoms with Crippen LogP contribution in [0.25, 0.3) is 0 Å². The van der Waals surface area contributed by atoms with Gasteiger partial charge in [0.05, 0.1) is 6.20 Å². The van der Waals surface area contributed by atoms with E-state index in [1.807, 2.05) is 11.1 Å². The molecule has 1 amide bonds. The molecule has 1 saturated carbocycles. The minimum atomic E-state index is -0.206. The third kappa shape index (κ3) is 3.27. The molecule has 1 aromatic heterocycles. The molecule has 2 atom stereocenters. The minimum Gasteiger partial charge on any atom is -0.349 e. The van der Waals surface area contributed by atoms with E-state index in [1.54, 1.807) is 24.9 Å². The molecule has 1 aliphatic carbocycles. The van der Waals surface area contributed by atoms with Crippen molar-refractivity contribution in [1.82, 2.24) is 14.9 Å². The summed E-state index contributed by atoms with van der Waals surface area (Å²) in [5, 5.41) is 0. The molecule has 0 bridgehead atoms. The molecular formula is C18H24N6O. The molecule has 2 fully saturated rings. The Hall–Kier alpha value is -2.31. The molecule has 3 aliphatic rings. The fourth-order valence-corrected chi connectivity index (χ4v) is 3.89. The van der Waals surface area contributed by atoms with E-state index in [2.05, 4.69) is 31.8 Å². The van der Waals surface area contributed by atoms with Crippen molar-refractivity contribution in [2.45, 2.75) is 44.2 Å². The Labute approximate surface area is 147 Å². The van der Waals surface area contributed by atoms with Gasteiger partial charge < -0.3 is 9.80 Å². The van der Waals surface area contributed by atoms with Crippen molar-refractivity contribution in [2.24, 2.45) is 15.9 Å². The summed E-state index contributed by atoms with van der Waals surface area (Å²) in [7, 11) is 0. The topological polar surface area (TPSA) is 74.1 Å². The maximum absolute atomic E-state index is 12.7. The van der Waals surface area contributed by atoms with Gasteiger partial charge in [-0.2, -0.15) is 0 Å². The van der Waals surface area contributed by atoms with E-state index in [0.717, 1.165) is 31.9 Å². The summed E-state index contributed by atoms with van der Waals surface area (Å²) in [4.78, 5) is 34.2. The molecule has 25 heavy (non-hydrogen) atoms. The maximum Gasteiger partial charge on any atom is 0.222 e. The number of rotatable bonds is 5. The largest absolute Gasteiger partial charge is 0.349 e. The van der Waals surface area contributed by atoms with Crippen LogP contribution in [0.3, 0.4) is 0 Å². The second kappa shape index (κ2) is 6.54. The number of hydrogen-bond donors (Lipinski definition) is 0. The number of nitrogens with zero attached hydrogens (tertiary/aromatic N) is 6. The Morgan fingerprint density at radius 3 is 2.84 bits per heavy atom. The Morgan fingerprint density at radius 2 is 2.20 bits per heavy atom. The van der Waals surface area contributed by atoms with Gasteiger partial charge in [-0.3, -0.25) is 14.8 Å². The van der Waals surface area contributed by atoms with Gasteiger partial charge >= 0.3 is 0 Å². The molecular weight excluding hydrogens is 316 g/mol. The summed E-state index contributed by atoms with van der Waals surface area (Å²) in [5.74, 6) is 1.68. The van der Waals surface area contributed by atoms with Crippen LogP contribution in [0.4, 0.5) is 5.82 Å². The van der Waals surface area contributed by atoms with E-state index in [-0.39, 0.29) is 17.5 Å². The Morgan fingerprint density at radius 1 is 1.32 bits per heavy atom. The average molecular weight is 340 g/mol. The first-order valence-electron chi connectivity index (χ1n) is 9.06. The minimum absolute atomic E-state index is 0.206. The van der Waals surface area contributed by atoms with Gasteiger partial charge in [0.2, 0.25) is 5.91 Å². The van der Waals surface area contributed by atoms with E-state index >= 15 is 0 Å². The van der Waals surface area contributed by atoms with Gasteiger partial charge in [-0.1, -0.05) is 0 Å². The van der Waals surface area contributed by atoms with Crippen molar-refractivity contribution in [1.29, 1.82) is 0 Å². The number of aliphatic imine (C=N–C) groups is 2.